The lowest BCUT2D eigenvalue weighted by Gasteiger charge is -2.19. The molecule has 2 heterocycles. The van der Waals surface area contributed by atoms with Crippen molar-refractivity contribution in [3.63, 3.8) is 0 Å². The van der Waals surface area contributed by atoms with Gasteiger partial charge in [0.15, 0.2) is 5.17 Å². The Labute approximate surface area is 201 Å². The summed E-state index contributed by atoms with van der Waals surface area (Å²) in [6.45, 7) is 0.503. The van der Waals surface area contributed by atoms with Crippen LogP contribution in [0.2, 0.25) is 0 Å². The number of nitrogens with two attached hydrogens (primary N) is 1. The van der Waals surface area contributed by atoms with Crippen LogP contribution in [0.25, 0.3) is 10.8 Å². The van der Waals surface area contributed by atoms with Crippen LogP contribution in [-0.4, -0.2) is 22.7 Å². The highest BCUT2D eigenvalue weighted by Crippen LogP contribution is 2.48. The minimum absolute atomic E-state index is 0.0784. The average Bonchev–Trinajstić information content (AvgIpc) is 3.28. The fraction of sp³-hybridized carbons (Fsp3) is 0.185. The van der Waals surface area contributed by atoms with Crippen molar-refractivity contribution in [2.75, 3.05) is 6.54 Å². The van der Waals surface area contributed by atoms with Gasteiger partial charge in [0, 0.05) is 35.9 Å². The molecule has 0 amide bonds. The molecule has 0 radical (unpaired) electrons. The van der Waals surface area contributed by atoms with Gasteiger partial charge >= 0.3 is 0 Å². The minimum atomic E-state index is -0.360. The maximum Gasteiger partial charge on any atom is 0.157 e. The van der Waals surface area contributed by atoms with Gasteiger partial charge in [0.1, 0.15) is 11.6 Å². The highest BCUT2D eigenvalue weighted by Gasteiger charge is 2.34. The van der Waals surface area contributed by atoms with Crippen molar-refractivity contribution in [2.45, 2.75) is 23.8 Å². The van der Waals surface area contributed by atoms with Crippen molar-refractivity contribution in [3.05, 3.63) is 114 Å². The van der Waals surface area contributed by atoms with Gasteiger partial charge in [-0.1, -0.05) is 54.2 Å². The number of aliphatic imine (C=N–C) groups is 1. The Morgan fingerprint density at radius 1 is 0.971 bits per heavy atom. The summed E-state index contributed by atoms with van der Waals surface area (Å²) in [5.74, 6) is -0.525. The second-order valence-electron chi connectivity index (χ2n) is 8.39. The Hall–Kier alpha value is -3.29. The summed E-state index contributed by atoms with van der Waals surface area (Å²) < 4.78 is 27.9. The molecule has 0 spiro atoms. The Kier molecular flexibility index (Phi) is 6.56. The molecule has 4 aromatic rings. The third kappa shape index (κ3) is 4.95. The molecule has 34 heavy (non-hydrogen) atoms. The van der Waals surface area contributed by atoms with Crippen molar-refractivity contribution < 1.29 is 8.78 Å². The Bertz CT molecular complexity index is 1330. The number of benzene rings is 3. The van der Waals surface area contributed by atoms with Crippen molar-refractivity contribution in [1.29, 1.82) is 0 Å². The Morgan fingerprint density at radius 3 is 2.62 bits per heavy atom. The summed E-state index contributed by atoms with van der Waals surface area (Å²) in [5.41, 5.74) is 8.94. The third-order valence-corrected chi connectivity index (χ3v) is 7.18. The van der Waals surface area contributed by atoms with Gasteiger partial charge in [0.05, 0.1) is 11.3 Å². The molecule has 0 aliphatic carbocycles. The van der Waals surface area contributed by atoms with Crippen LogP contribution >= 0.6 is 11.8 Å². The number of aromatic nitrogens is 1. The second kappa shape index (κ2) is 9.91. The number of nitrogens with one attached hydrogen (secondary N) is 1. The summed E-state index contributed by atoms with van der Waals surface area (Å²) in [6, 6.07) is 20.9. The van der Waals surface area contributed by atoms with Crippen LogP contribution in [0.15, 0.2) is 90.2 Å². The van der Waals surface area contributed by atoms with Gasteiger partial charge in [-0.05, 0) is 53.3 Å². The Balaban J connectivity index is 1.36. The van der Waals surface area contributed by atoms with Crippen LogP contribution in [0.4, 0.5) is 8.78 Å². The van der Waals surface area contributed by atoms with E-state index < -0.39 is 0 Å². The third-order valence-electron chi connectivity index (χ3n) is 5.93. The maximum atomic E-state index is 14.7. The van der Waals surface area contributed by atoms with E-state index in [-0.39, 0.29) is 29.0 Å². The molecule has 3 atom stereocenters. The first-order valence-electron chi connectivity index (χ1n) is 11.1. The van der Waals surface area contributed by atoms with E-state index in [1.54, 1.807) is 42.2 Å². The summed E-state index contributed by atoms with van der Waals surface area (Å²) in [4.78, 5) is 9.04. The van der Waals surface area contributed by atoms with E-state index in [2.05, 4.69) is 22.4 Å². The molecule has 0 saturated carbocycles. The first-order valence-corrected chi connectivity index (χ1v) is 12.0. The molecule has 1 aliphatic heterocycles. The molecule has 1 aromatic heterocycles. The average molecular weight is 475 g/mol. The maximum absolute atomic E-state index is 14.7. The van der Waals surface area contributed by atoms with Crippen LogP contribution < -0.4 is 11.1 Å². The fourth-order valence-corrected chi connectivity index (χ4v) is 5.39. The van der Waals surface area contributed by atoms with Crippen molar-refractivity contribution in [2.24, 2.45) is 10.7 Å². The topological polar surface area (TPSA) is 63.3 Å². The molecule has 7 heteroatoms. The molecule has 1 aliphatic rings. The summed E-state index contributed by atoms with van der Waals surface area (Å²) in [5, 5.41) is 6.15. The summed E-state index contributed by atoms with van der Waals surface area (Å²) in [6.07, 6.45) is 4.22. The number of pyridine rings is 1. The van der Waals surface area contributed by atoms with E-state index in [1.165, 1.54) is 18.2 Å². The van der Waals surface area contributed by atoms with Crippen molar-refractivity contribution in [1.82, 2.24) is 10.3 Å². The first-order chi connectivity index (χ1) is 16.6. The lowest BCUT2D eigenvalue weighted by Crippen LogP contribution is -2.37. The van der Waals surface area contributed by atoms with E-state index in [4.69, 9.17) is 10.7 Å². The predicted molar refractivity (Wildman–Crippen MR) is 135 cm³/mol. The summed E-state index contributed by atoms with van der Waals surface area (Å²) >= 11 is 1.59. The zero-order valence-corrected chi connectivity index (χ0v) is 19.2. The van der Waals surface area contributed by atoms with Gasteiger partial charge in [-0.25, -0.2) is 8.78 Å². The van der Waals surface area contributed by atoms with Gasteiger partial charge in [-0.2, -0.15) is 0 Å². The molecule has 3 N–H and O–H groups in total. The second-order valence-corrected chi connectivity index (χ2v) is 9.52. The fourth-order valence-electron chi connectivity index (χ4n) is 4.19. The Morgan fingerprint density at radius 2 is 1.79 bits per heavy atom. The normalized spacial score (nSPS) is 18.6. The molecule has 5 rings (SSSR count). The predicted octanol–water partition coefficient (Wildman–Crippen LogP) is 5.56. The zero-order valence-electron chi connectivity index (χ0n) is 18.4. The van der Waals surface area contributed by atoms with E-state index >= 15 is 0 Å². The van der Waals surface area contributed by atoms with Crippen molar-refractivity contribution in [3.8, 4) is 0 Å². The zero-order chi connectivity index (χ0) is 23.5. The van der Waals surface area contributed by atoms with E-state index in [1.807, 2.05) is 24.4 Å². The van der Waals surface area contributed by atoms with E-state index in [0.717, 1.165) is 27.1 Å². The first kappa shape index (κ1) is 22.5. The number of halogens is 2. The SMILES string of the molecule is N[C@H](CNC1=NC(c2ccccc2F)C(c2ccc3cnccc3c2)S1)Cc1ccc(F)cc1. The molecule has 2 unspecified atom stereocenters. The van der Waals surface area contributed by atoms with Crippen LogP contribution in [0.5, 0.6) is 0 Å². The minimum Gasteiger partial charge on any atom is -0.363 e. The summed E-state index contributed by atoms with van der Waals surface area (Å²) in [7, 11) is 0. The van der Waals surface area contributed by atoms with Crippen LogP contribution in [0.3, 0.4) is 0 Å². The number of amidine groups is 1. The monoisotopic (exact) mass is 474 g/mol. The number of nitrogens with zero attached hydrogens (tertiary/aromatic N) is 2. The molecule has 0 bridgehead atoms. The number of thioether (sulfide) groups is 1. The van der Waals surface area contributed by atoms with Crippen LogP contribution in [-0.2, 0) is 6.42 Å². The lowest BCUT2D eigenvalue weighted by atomic mass is 9.97. The van der Waals surface area contributed by atoms with Gasteiger partial charge < -0.3 is 11.1 Å². The number of rotatable bonds is 6. The highest BCUT2D eigenvalue weighted by molar-refractivity contribution is 8.14. The number of hydrogen-bond donors (Lipinski definition) is 2. The van der Waals surface area contributed by atoms with Gasteiger partial charge in [-0.15, -0.1) is 0 Å². The van der Waals surface area contributed by atoms with Crippen molar-refractivity contribution >= 4 is 27.7 Å². The molecule has 3 aromatic carbocycles. The van der Waals surface area contributed by atoms with Gasteiger partial charge in [0.25, 0.3) is 0 Å². The van der Waals surface area contributed by atoms with Crippen LogP contribution in [0, 0.1) is 11.6 Å². The molecular weight excluding hydrogens is 450 g/mol. The highest BCUT2D eigenvalue weighted by atomic mass is 32.2. The molecule has 4 nitrogen and oxygen atoms in total. The number of fused-ring (bicyclic) bond motifs is 1. The molecule has 0 saturated heterocycles. The molecule has 172 valence electrons. The standard InChI is InChI=1S/C27H24F2N4S/c28-21-9-5-17(6-10-21)13-22(30)16-32-27-33-25(23-3-1-2-4-24(23)29)26(34-27)19-7-8-20-15-31-12-11-18(20)14-19/h1-12,14-15,22,25-26H,13,16,30H2,(H,32,33)/t22-,25?,26?/m0/s1. The van der Waals surface area contributed by atoms with Crippen LogP contribution in [0.1, 0.15) is 28.0 Å². The van der Waals surface area contributed by atoms with E-state index in [9.17, 15) is 8.78 Å². The smallest absolute Gasteiger partial charge is 0.157 e. The van der Waals surface area contributed by atoms with Gasteiger partial charge in [-0.3, -0.25) is 9.98 Å². The molecular formula is C27H24F2N4S. The quantitative estimate of drug-likeness (QED) is 0.384. The largest absolute Gasteiger partial charge is 0.363 e. The molecule has 0 fully saturated rings. The van der Waals surface area contributed by atoms with Gasteiger partial charge in [0.2, 0.25) is 0 Å². The lowest BCUT2D eigenvalue weighted by molar-refractivity contribution is 0.580. The number of hydrogen-bond acceptors (Lipinski definition) is 5. The van der Waals surface area contributed by atoms with E-state index in [0.29, 0.717) is 18.5 Å².